The largest absolute Gasteiger partial charge is 0.497 e. The van der Waals surface area contributed by atoms with Crippen LogP contribution in [0.5, 0.6) is 11.5 Å². The Morgan fingerprint density at radius 1 is 0.867 bits per heavy atom. The summed E-state index contributed by atoms with van der Waals surface area (Å²) in [6.45, 7) is 1.74. The standard InChI is InChI=1S/C20H23N5O4S/c1-28-16-5-6-18(17(15-16)29-2)30(26,27)25-13-11-24(12-14-25)20-8-7-19(21-22-20)23-9-3-4-10-23/h3-10,15H,11-14H2,1-2H3. The summed E-state index contributed by atoms with van der Waals surface area (Å²) < 4.78 is 40.1. The van der Waals surface area contributed by atoms with Gasteiger partial charge in [0.2, 0.25) is 10.0 Å². The molecule has 0 amide bonds. The first-order chi connectivity index (χ1) is 14.5. The molecule has 3 heterocycles. The number of piperazine rings is 1. The molecule has 0 bridgehead atoms. The minimum Gasteiger partial charge on any atom is -0.497 e. The van der Waals surface area contributed by atoms with Gasteiger partial charge in [0.1, 0.15) is 16.4 Å². The summed E-state index contributed by atoms with van der Waals surface area (Å²) >= 11 is 0. The number of aromatic nitrogens is 3. The number of methoxy groups -OCH3 is 2. The lowest BCUT2D eigenvalue weighted by Crippen LogP contribution is -2.49. The summed E-state index contributed by atoms with van der Waals surface area (Å²) in [5.74, 6) is 2.27. The van der Waals surface area contributed by atoms with Crippen LogP contribution in [0.2, 0.25) is 0 Å². The minimum absolute atomic E-state index is 0.134. The van der Waals surface area contributed by atoms with Crippen molar-refractivity contribution in [3.05, 3.63) is 54.9 Å². The molecule has 1 fully saturated rings. The Labute approximate surface area is 175 Å². The van der Waals surface area contributed by atoms with E-state index >= 15 is 0 Å². The van der Waals surface area contributed by atoms with E-state index in [1.165, 1.54) is 24.6 Å². The number of hydrogen-bond acceptors (Lipinski definition) is 7. The van der Waals surface area contributed by atoms with Crippen molar-refractivity contribution in [2.24, 2.45) is 0 Å². The lowest BCUT2D eigenvalue weighted by atomic mass is 10.3. The first-order valence-electron chi connectivity index (χ1n) is 9.47. The Morgan fingerprint density at radius 3 is 2.13 bits per heavy atom. The van der Waals surface area contributed by atoms with Gasteiger partial charge in [0.25, 0.3) is 0 Å². The van der Waals surface area contributed by atoms with Crippen molar-refractivity contribution in [3.8, 4) is 17.3 Å². The van der Waals surface area contributed by atoms with Crippen LogP contribution < -0.4 is 14.4 Å². The normalized spacial score (nSPS) is 15.2. The topological polar surface area (TPSA) is 89.8 Å². The molecular weight excluding hydrogens is 406 g/mol. The van der Waals surface area contributed by atoms with Gasteiger partial charge in [-0.3, -0.25) is 0 Å². The van der Waals surface area contributed by atoms with E-state index in [9.17, 15) is 8.42 Å². The molecule has 0 N–H and O–H groups in total. The highest BCUT2D eigenvalue weighted by molar-refractivity contribution is 7.89. The van der Waals surface area contributed by atoms with Crippen molar-refractivity contribution < 1.29 is 17.9 Å². The van der Waals surface area contributed by atoms with Crippen molar-refractivity contribution in [2.45, 2.75) is 4.90 Å². The molecule has 1 aromatic carbocycles. The van der Waals surface area contributed by atoms with E-state index < -0.39 is 10.0 Å². The van der Waals surface area contributed by atoms with Crippen LogP contribution in [-0.2, 0) is 10.0 Å². The summed E-state index contributed by atoms with van der Waals surface area (Å²) in [4.78, 5) is 2.17. The number of nitrogens with zero attached hydrogens (tertiary/aromatic N) is 5. The molecule has 1 aliphatic heterocycles. The van der Waals surface area contributed by atoms with E-state index in [2.05, 4.69) is 10.2 Å². The number of benzene rings is 1. The molecular formula is C20H23N5O4S. The van der Waals surface area contributed by atoms with Crippen molar-refractivity contribution >= 4 is 15.8 Å². The summed E-state index contributed by atoms with van der Waals surface area (Å²) in [6, 6.07) is 12.4. The van der Waals surface area contributed by atoms with Crippen LogP contribution in [0, 0.1) is 0 Å². The highest BCUT2D eigenvalue weighted by atomic mass is 32.2. The third kappa shape index (κ3) is 3.83. The van der Waals surface area contributed by atoms with E-state index in [0.29, 0.717) is 31.9 Å². The maximum absolute atomic E-state index is 13.1. The molecule has 1 saturated heterocycles. The zero-order chi connectivity index (χ0) is 21.1. The van der Waals surface area contributed by atoms with Gasteiger partial charge in [-0.25, -0.2) is 8.42 Å². The smallest absolute Gasteiger partial charge is 0.246 e. The molecule has 3 aromatic rings. The maximum atomic E-state index is 13.1. The number of sulfonamides is 1. The third-order valence-corrected chi connectivity index (χ3v) is 6.99. The Morgan fingerprint density at radius 2 is 1.53 bits per heavy atom. The van der Waals surface area contributed by atoms with Crippen molar-refractivity contribution in [3.63, 3.8) is 0 Å². The van der Waals surface area contributed by atoms with E-state index in [1.807, 2.05) is 46.1 Å². The SMILES string of the molecule is COc1ccc(S(=O)(=O)N2CCN(c3ccc(-n4cccc4)nn3)CC2)c(OC)c1. The fraction of sp³-hybridized carbons (Fsp3) is 0.300. The van der Waals surface area contributed by atoms with E-state index in [4.69, 9.17) is 9.47 Å². The molecule has 0 spiro atoms. The number of rotatable bonds is 6. The molecule has 10 heteroatoms. The van der Waals surface area contributed by atoms with Gasteiger partial charge in [0.05, 0.1) is 14.2 Å². The van der Waals surface area contributed by atoms with E-state index in [-0.39, 0.29) is 10.6 Å². The van der Waals surface area contributed by atoms with Crippen molar-refractivity contribution in [1.29, 1.82) is 0 Å². The second-order valence-corrected chi connectivity index (χ2v) is 8.65. The second-order valence-electron chi connectivity index (χ2n) is 6.75. The monoisotopic (exact) mass is 429 g/mol. The summed E-state index contributed by atoms with van der Waals surface area (Å²) in [7, 11) is -0.715. The highest BCUT2D eigenvalue weighted by Gasteiger charge is 2.31. The summed E-state index contributed by atoms with van der Waals surface area (Å²) in [5, 5.41) is 8.57. The van der Waals surface area contributed by atoms with Gasteiger partial charge in [0, 0.05) is 44.6 Å². The third-order valence-electron chi connectivity index (χ3n) is 5.06. The summed E-state index contributed by atoms with van der Waals surface area (Å²) in [6.07, 6.45) is 3.81. The van der Waals surface area contributed by atoms with Gasteiger partial charge in [0.15, 0.2) is 11.6 Å². The predicted molar refractivity (Wildman–Crippen MR) is 112 cm³/mol. The first kappa shape index (κ1) is 20.2. The molecule has 1 aliphatic rings. The lowest BCUT2D eigenvalue weighted by molar-refractivity contribution is 0.369. The Kier molecular flexibility index (Phi) is 5.60. The van der Waals surface area contributed by atoms with Crippen LogP contribution in [0.1, 0.15) is 0 Å². The molecule has 0 radical (unpaired) electrons. The predicted octanol–water partition coefficient (Wildman–Crippen LogP) is 1.80. The van der Waals surface area contributed by atoms with Crippen LogP contribution in [-0.4, -0.2) is 67.9 Å². The molecule has 0 aliphatic carbocycles. The van der Waals surface area contributed by atoms with Crippen LogP contribution in [0.3, 0.4) is 0 Å². The number of hydrogen-bond donors (Lipinski definition) is 0. The van der Waals surface area contributed by atoms with Gasteiger partial charge >= 0.3 is 0 Å². The Bertz CT molecular complexity index is 1090. The van der Waals surface area contributed by atoms with Crippen molar-refractivity contribution in [2.75, 3.05) is 45.3 Å². The molecule has 0 unspecified atom stereocenters. The van der Waals surface area contributed by atoms with Crippen LogP contribution in [0.25, 0.3) is 5.82 Å². The zero-order valence-electron chi connectivity index (χ0n) is 16.8. The molecule has 0 atom stereocenters. The maximum Gasteiger partial charge on any atom is 0.246 e. The van der Waals surface area contributed by atoms with E-state index in [0.717, 1.165) is 11.6 Å². The molecule has 9 nitrogen and oxygen atoms in total. The molecule has 2 aromatic heterocycles. The fourth-order valence-electron chi connectivity index (χ4n) is 3.40. The average molecular weight is 430 g/mol. The van der Waals surface area contributed by atoms with Crippen molar-refractivity contribution in [1.82, 2.24) is 19.1 Å². The lowest BCUT2D eigenvalue weighted by Gasteiger charge is -2.34. The zero-order valence-corrected chi connectivity index (χ0v) is 17.6. The molecule has 158 valence electrons. The quantitative estimate of drug-likeness (QED) is 0.590. The minimum atomic E-state index is -3.68. The van der Waals surface area contributed by atoms with Crippen LogP contribution in [0.15, 0.2) is 59.8 Å². The average Bonchev–Trinajstić information content (AvgIpc) is 3.34. The van der Waals surface area contributed by atoms with Gasteiger partial charge < -0.3 is 18.9 Å². The first-order valence-corrected chi connectivity index (χ1v) is 10.9. The highest BCUT2D eigenvalue weighted by Crippen LogP contribution is 2.31. The Balaban J connectivity index is 1.46. The molecule has 4 rings (SSSR count). The van der Waals surface area contributed by atoms with Crippen LogP contribution in [0.4, 0.5) is 5.82 Å². The molecule has 30 heavy (non-hydrogen) atoms. The van der Waals surface area contributed by atoms with Crippen LogP contribution >= 0.6 is 0 Å². The fourth-order valence-corrected chi connectivity index (χ4v) is 4.96. The summed E-state index contributed by atoms with van der Waals surface area (Å²) in [5.41, 5.74) is 0. The van der Waals surface area contributed by atoms with Gasteiger partial charge in [-0.1, -0.05) is 0 Å². The second kappa shape index (κ2) is 8.33. The number of ether oxygens (including phenoxy) is 2. The molecule has 0 saturated carbocycles. The van der Waals surface area contributed by atoms with Gasteiger partial charge in [-0.05, 0) is 36.4 Å². The van der Waals surface area contributed by atoms with E-state index in [1.54, 1.807) is 12.1 Å². The Hall–Kier alpha value is -3.11. The van der Waals surface area contributed by atoms with Gasteiger partial charge in [-0.15, -0.1) is 10.2 Å². The van der Waals surface area contributed by atoms with Gasteiger partial charge in [-0.2, -0.15) is 4.31 Å². The number of anilines is 1.